The molecule has 0 aliphatic heterocycles. The lowest BCUT2D eigenvalue weighted by atomic mass is 9.64. The van der Waals surface area contributed by atoms with Crippen molar-refractivity contribution in [2.24, 2.45) is 11.3 Å². The Kier molecular flexibility index (Phi) is 5.72. The zero-order valence-electron chi connectivity index (χ0n) is 14.6. The van der Waals surface area contributed by atoms with E-state index in [2.05, 4.69) is 6.58 Å². The van der Waals surface area contributed by atoms with Crippen molar-refractivity contribution in [1.29, 1.82) is 0 Å². The second-order valence-electron chi connectivity index (χ2n) is 6.70. The fraction of sp³-hybridized carbons (Fsp3) is 0.474. The average Bonchev–Trinajstić information content (AvgIpc) is 2.59. The van der Waals surface area contributed by atoms with Gasteiger partial charge in [0.2, 0.25) is 0 Å². The standard InChI is InChI=1S/C19H23NO5/c1-13(2)18(22)19(11-5-4-6-17(19)21)14(3)12-25-16-9-7-15(8-10-16)20(23)24/h7-10,13H,3-6,11-12H2,1-2H3. The molecule has 134 valence electrons. The van der Waals surface area contributed by atoms with E-state index in [9.17, 15) is 19.7 Å². The van der Waals surface area contributed by atoms with E-state index in [1.165, 1.54) is 24.3 Å². The maximum Gasteiger partial charge on any atom is 0.269 e. The van der Waals surface area contributed by atoms with Gasteiger partial charge < -0.3 is 4.74 Å². The van der Waals surface area contributed by atoms with Gasteiger partial charge in [0.1, 0.15) is 17.8 Å². The summed E-state index contributed by atoms with van der Waals surface area (Å²) >= 11 is 0. The minimum absolute atomic E-state index is 0.0277. The summed E-state index contributed by atoms with van der Waals surface area (Å²) in [6.07, 6.45) is 2.46. The predicted molar refractivity (Wildman–Crippen MR) is 93.5 cm³/mol. The second kappa shape index (κ2) is 7.59. The van der Waals surface area contributed by atoms with Gasteiger partial charge in [-0.05, 0) is 30.5 Å². The fourth-order valence-corrected chi connectivity index (χ4v) is 3.29. The molecule has 0 bridgehead atoms. The molecule has 6 heteroatoms. The number of non-ortho nitro benzene ring substituents is 1. The molecule has 6 nitrogen and oxygen atoms in total. The van der Waals surface area contributed by atoms with E-state index >= 15 is 0 Å². The number of nitrogens with zero attached hydrogens (tertiary/aromatic N) is 1. The van der Waals surface area contributed by atoms with Gasteiger partial charge in [-0.3, -0.25) is 19.7 Å². The Labute approximate surface area is 147 Å². The molecule has 0 radical (unpaired) electrons. The number of nitro benzene ring substituents is 1. The molecule has 0 saturated heterocycles. The highest BCUT2D eigenvalue weighted by atomic mass is 16.6. The minimum atomic E-state index is -1.16. The van der Waals surface area contributed by atoms with E-state index in [4.69, 9.17) is 4.74 Å². The third kappa shape index (κ3) is 3.78. The van der Waals surface area contributed by atoms with E-state index < -0.39 is 10.3 Å². The van der Waals surface area contributed by atoms with Crippen LogP contribution in [-0.2, 0) is 9.59 Å². The molecule has 1 unspecified atom stereocenters. The van der Waals surface area contributed by atoms with Crippen molar-refractivity contribution < 1.29 is 19.2 Å². The number of Topliss-reactive ketones (excluding diaryl/α,β-unsaturated/α-hetero) is 2. The number of carbonyl (C=O) groups excluding carboxylic acids is 2. The molecule has 1 aromatic rings. The number of hydrogen-bond donors (Lipinski definition) is 0. The summed E-state index contributed by atoms with van der Waals surface area (Å²) in [5.41, 5.74) is -0.720. The summed E-state index contributed by atoms with van der Waals surface area (Å²) in [6.45, 7) is 7.60. The largest absolute Gasteiger partial charge is 0.489 e. The molecule has 0 aromatic heterocycles. The summed E-state index contributed by atoms with van der Waals surface area (Å²) in [5, 5.41) is 10.7. The predicted octanol–water partition coefficient (Wildman–Crippen LogP) is 3.88. The molecule has 0 heterocycles. The maximum absolute atomic E-state index is 12.8. The first-order valence-electron chi connectivity index (χ1n) is 8.42. The normalized spacial score (nSPS) is 20.4. The molecule has 0 amide bonds. The Hall–Kier alpha value is -2.50. The molecule has 1 saturated carbocycles. The highest BCUT2D eigenvalue weighted by Crippen LogP contribution is 2.42. The first-order valence-corrected chi connectivity index (χ1v) is 8.42. The highest BCUT2D eigenvalue weighted by Gasteiger charge is 2.49. The molecule has 1 aromatic carbocycles. The number of nitro groups is 1. The molecule has 0 spiro atoms. The van der Waals surface area contributed by atoms with Crippen LogP contribution in [0.4, 0.5) is 5.69 Å². The maximum atomic E-state index is 12.8. The molecule has 1 aliphatic carbocycles. The van der Waals surface area contributed by atoms with Gasteiger partial charge in [-0.15, -0.1) is 0 Å². The third-order valence-electron chi connectivity index (χ3n) is 4.69. The van der Waals surface area contributed by atoms with Crippen molar-refractivity contribution in [3.05, 3.63) is 46.5 Å². The summed E-state index contributed by atoms with van der Waals surface area (Å²) in [4.78, 5) is 35.6. The van der Waals surface area contributed by atoms with Gasteiger partial charge in [0.25, 0.3) is 5.69 Å². The van der Waals surface area contributed by atoms with Crippen molar-refractivity contribution in [2.75, 3.05) is 6.61 Å². The lowest BCUT2D eigenvalue weighted by Crippen LogP contribution is -2.46. The van der Waals surface area contributed by atoms with Gasteiger partial charge >= 0.3 is 0 Å². The van der Waals surface area contributed by atoms with Crippen LogP contribution < -0.4 is 4.74 Å². The van der Waals surface area contributed by atoms with Gasteiger partial charge in [0.15, 0.2) is 11.6 Å². The molecule has 0 N–H and O–H groups in total. The van der Waals surface area contributed by atoms with Gasteiger partial charge in [-0.25, -0.2) is 0 Å². The van der Waals surface area contributed by atoms with Gasteiger partial charge in [0.05, 0.1) is 4.92 Å². The SMILES string of the molecule is C=C(COc1ccc([N+](=O)[O-])cc1)C1(C(=O)C(C)C)CCCCC1=O. The van der Waals surface area contributed by atoms with Crippen LogP contribution in [-0.4, -0.2) is 23.1 Å². The van der Waals surface area contributed by atoms with Gasteiger partial charge in [0, 0.05) is 24.5 Å². The number of carbonyl (C=O) groups is 2. The Bertz CT molecular complexity index is 692. The molecule has 25 heavy (non-hydrogen) atoms. The second-order valence-corrected chi connectivity index (χ2v) is 6.70. The quantitative estimate of drug-likeness (QED) is 0.324. The summed E-state index contributed by atoms with van der Waals surface area (Å²) in [7, 11) is 0. The van der Waals surface area contributed by atoms with Crippen LogP contribution in [0.3, 0.4) is 0 Å². The average molecular weight is 345 g/mol. The summed E-state index contributed by atoms with van der Waals surface area (Å²) < 4.78 is 5.63. The smallest absolute Gasteiger partial charge is 0.269 e. The molecule has 2 rings (SSSR count). The zero-order valence-corrected chi connectivity index (χ0v) is 14.6. The van der Waals surface area contributed by atoms with Crippen LogP contribution in [0.5, 0.6) is 5.75 Å². The Balaban J connectivity index is 2.16. The van der Waals surface area contributed by atoms with E-state index in [0.717, 1.165) is 12.8 Å². The van der Waals surface area contributed by atoms with Crippen LogP contribution in [0.15, 0.2) is 36.4 Å². The minimum Gasteiger partial charge on any atom is -0.489 e. The van der Waals surface area contributed by atoms with Crippen LogP contribution in [0, 0.1) is 21.4 Å². The number of rotatable bonds is 7. The number of hydrogen-bond acceptors (Lipinski definition) is 5. The van der Waals surface area contributed by atoms with Gasteiger partial charge in [-0.2, -0.15) is 0 Å². The van der Waals surface area contributed by atoms with Crippen molar-refractivity contribution in [3.8, 4) is 5.75 Å². The first kappa shape index (κ1) is 18.8. The molecular weight excluding hydrogens is 322 g/mol. The number of ketones is 2. The lowest BCUT2D eigenvalue weighted by Gasteiger charge is -2.37. The Morgan fingerprint density at radius 2 is 1.96 bits per heavy atom. The van der Waals surface area contributed by atoms with Crippen LogP contribution >= 0.6 is 0 Å². The first-order chi connectivity index (χ1) is 11.8. The Morgan fingerprint density at radius 1 is 1.32 bits per heavy atom. The molecule has 1 atom stereocenters. The van der Waals surface area contributed by atoms with E-state index in [0.29, 0.717) is 24.2 Å². The van der Waals surface area contributed by atoms with Gasteiger partial charge in [-0.1, -0.05) is 26.8 Å². The van der Waals surface area contributed by atoms with E-state index in [1.54, 1.807) is 13.8 Å². The van der Waals surface area contributed by atoms with Crippen molar-refractivity contribution in [1.82, 2.24) is 0 Å². The van der Waals surface area contributed by atoms with Crippen LogP contribution in [0.1, 0.15) is 39.5 Å². The zero-order chi connectivity index (χ0) is 18.6. The molecular formula is C19H23NO5. The fourth-order valence-electron chi connectivity index (χ4n) is 3.29. The molecule has 1 aliphatic rings. The van der Waals surface area contributed by atoms with E-state index in [1.807, 2.05) is 0 Å². The summed E-state index contributed by atoms with van der Waals surface area (Å²) in [6, 6.07) is 5.67. The van der Waals surface area contributed by atoms with Crippen molar-refractivity contribution in [3.63, 3.8) is 0 Å². The van der Waals surface area contributed by atoms with E-state index in [-0.39, 0.29) is 29.8 Å². The third-order valence-corrected chi connectivity index (χ3v) is 4.69. The van der Waals surface area contributed by atoms with Crippen LogP contribution in [0.25, 0.3) is 0 Å². The summed E-state index contributed by atoms with van der Waals surface area (Å²) in [5.74, 6) is -0.00965. The number of ether oxygens (including phenoxy) is 1. The van der Waals surface area contributed by atoms with Crippen LogP contribution in [0.2, 0.25) is 0 Å². The molecule has 1 fully saturated rings. The Morgan fingerprint density at radius 3 is 2.48 bits per heavy atom. The topological polar surface area (TPSA) is 86.5 Å². The van der Waals surface area contributed by atoms with Crippen molar-refractivity contribution in [2.45, 2.75) is 39.5 Å². The number of benzene rings is 1. The highest BCUT2D eigenvalue weighted by molar-refractivity contribution is 6.11. The van der Waals surface area contributed by atoms with Crippen molar-refractivity contribution >= 4 is 17.3 Å². The monoisotopic (exact) mass is 345 g/mol. The lowest BCUT2D eigenvalue weighted by molar-refractivity contribution is -0.384.